The van der Waals surface area contributed by atoms with Crippen molar-refractivity contribution >= 4 is 17.5 Å². The van der Waals surface area contributed by atoms with Gasteiger partial charge in [0.15, 0.2) is 0 Å². The van der Waals surface area contributed by atoms with E-state index in [1.54, 1.807) is 30.6 Å². The average molecular weight is 389 g/mol. The van der Waals surface area contributed by atoms with Crippen LogP contribution in [0.3, 0.4) is 0 Å². The smallest absolute Gasteiger partial charge is 0.251 e. The number of ether oxygens (including phenoxy) is 1. The molecule has 0 saturated carbocycles. The zero-order chi connectivity index (χ0) is 20.6. The van der Waals surface area contributed by atoms with Gasteiger partial charge in [0.25, 0.3) is 5.91 Å². The van der Waals surface area contributed by atoms with Crippen molar-refractivity contribution in [1.82, 2.24) is 10.3 Å². The molecular weight excluding hydrogens is 366 g/mol. The minimum absolute atomic E-state index is 0.137. The van der Waals surface area contributed by atoms with Crippen LogP contribution in [0.4, 0.5) is 5.69 Å². The highest BCUT2D eigenvalue weighted by atomic mass is 16.5. The predicted octanol–water partition coefficient (Wildman–Crippen LogP) is 4.11. The molecule has 0 spiro atoms. The lowest BCUT2D eigenvalue weighted by Crippen LogP contribution is -2.26. The highest BCUT2D eigenvalue weighted by Crippen LogP contribution is 2.19. The number of amides is 2. The molecule has 6 heteroatoms. The maximum Gasteiger partial charge on any atom is 0.251 e. The summed E-state index contributed by atoms with van der Waals surface area (Å²) < 4.78 is 5.76. The van der Waals surface area contributed by atoms with Gasteiger partial charge in [0.1, 0.15) is 12.4 Å². The van der Waals surface area contributed by atoms with E-state index in [4.69, 9.17) is 4.74 Å². The van der Waals surface area contributed by atoms with Crippen LogP contribution in [-0.2, 0) is 11.4 Å². The molecule has 2 N–H and O–H groups in total. The van der Waals surface area contributed by atoms with Crippen molar-refractivity contribution in [2.45, 2.75) is 26.5 Å². The quantitative estimate of drug-likeness (QED) is 0.637. The van der Waals surface area contributed by atoms with Crippen LogP contribution < -0.4 is 15.4 Å². The van der Waals surface area contributed by atoms with Crippen LogP contribution in [0.1, 0.15) is 41.4 Å². The molecule has 0 aliphatic carbocycles. The first-order chi connectivity index (χ1) is 14.0. The van der Waals surface area contributed by atoms with Gasteiger partial charge in [-0.05, 0) is 48.9 Å². The molecule has 0 fully saturated rings. The Bertz CT molecular complexity index is 989. The van der Waals surface area contributed by atoms with E-state index < -0.39 is 0 Å². The van der Waals surface area contributed by atoms with Crippen molar-refractivity contribution in [2.75, 3.05) is 5.32 Å². The van der Waals surface area contributed by atoms with Crippen LogP contribution >= 0.6 is 0 Å². The van der Waals surface area contributed by atoms with E-state index in [2.05, 4.69) is 15.6 Å². The highest BCUT2D eigenvalue weighted by Gasteiger charge is 2.13. The maximum atomic E-state index is 12.7. The zero-order valence-electron chi connectivity index (χ0n) is 16.4. The van der Waals surface area contributed by atoms with Crippen molar-refractivity contribution in [2.24, 2.45) is 0 Å². The lowest BCUT2D eigenvalue weighted by atomic mass is 10.1. The van der Waals surface area contributed by atoms with E-state index in [1.165, 1.54) is 6.92 Å². The maximum absolute atomic E-state index is 12.7. The van der Waals surface area contributed by atoms with Gasteiger partial charge in [0, 0.05) is 36.1 Å². The average Bonchev–Trinajstić information content (AvgIpc) is 2.73. The Hall–Kier alpha value is -3.67. The molecule has 1 atom stereocenters. The molecule has 6 nitrogen and oxygen atoms in total. The summed E-state index contributed by atoms with van der Waals surface area (Å²) in [4.78, 5) is 28.0. The second kappa shape index (κ2) is 9.50. The van der Waals surface area contributed by atoms with Gasteiger partial charge in [-0.1, -0.05) is 24.3 Å². The van der Waals surface area contributed by atoms with Crippen LogP contribution in [0, 0.1) is 0 Å². The number of nitrogens with one attached hydrogen (secondary N) is 2. The fourth-order valence-electron chi connectivity index (χ4n) is 2.83. The van der Waals surface area contributed by atoms with Crippen LogP contribution in [-0.4, -0.2) is 16.8 Å². The number of aromatic nitrogens is 1. The topological polar surface area (TPSA) is 80.3 Å². The summed E-state index contributed by atoms with van der Waals surface area (Å²) in [5.74, 6) is 0.276. The van der Waals surface area contributed by atoms with Crippen LogP contribution in [0.5, 0.6) is 5.75 Å². The van der Waals surface area contributed by atoms with Gasteiger partial charge in [-0.2, -0.15) is 0 Å². The lowest BCUT2D eigenvalue weighted by molar-refractivity contribution is -0.114. The van der Waals surface area contributed by atoms with E-state index in [0.29, 0.717) is 23.6 Å². The molecule has 3 rings (SSSR count). The largest absolute Gasteiger partial charge is 0.489 e. The summed E-state index contributed by atoms with van der Waals surface area (Å²) in [6.07, 6.45) is 3.45. The lowest BCUT2D eigenvalue weighted by Gasteiger charge is -2.16. The Morgan fingerprint density at radius 2 is 1.90 bits per heavy atom. The first kappa shape index (κ1) is 20.1. The van der Waals surface area contributed by atoms with Crippen molar-refractivity contribution < 1.29 is 14.3 Å². The minimum Gasteiger partial charge on any atom is -0.489 e. The second-order valence-electron chi connectivity index (χ2n) is 6.68. The fourth-order valence-corrected chi connectivity index (χ4v) is 2.83. The number of hydrogen-bond acceptors (Lipinski definition) is 4. The molecule has 29 heavy (non-hydrogen) atoms. The van der Waals surface area contributed by atoms with Gasteiger partial charge >= 0.3 is 0 Å². The zero-order valence-corrected chi connectivity index (χ0v) is 16.4. The van der Waals surface area contributed by atoms with Crippen LogP contribution in [0.15, 0.2) is 73.1 Å². The molecule has 1 aromatic heterocycles. The number of carbonyl (C=O) groups excluding carboxylic acids is 2. The third-order valence-corrected chi connectivity index (χ3v) is 4.28. The fraction of sp³-hybridized carbons (Fsp3) is 0.174. The van der Waals surface area contributed by atoms with Gasteiger partial charge in [-0.25, -0.2) is 0 Å². The molecule has 3 aromatic rings. The number of nitrogens with zero attached hydrogens (tertiary/aromatic N) is 1. The van der Waals surface area contributed by atoms with Crippen molar-refractivity contribution in [3.63, 3.8) is 0 Å². The van der Waals surface area contributed by atoms with Gasteiger partial charge < -0.3 is 15.4 Å². The summed E-state index contributed by atoms with van der Waals surface area (Å²) in [6.45, 7) is 3.74. The molecule has 1 unspecified atom stereocenters. The summed E-state index contributed by atoms with van der Waals surface area (Å²) in [7, 11) is 0. The number of benzene rings is 2. The van der Waals surface area contributed by atoms with Crippen molar-refractivity contribution in [3.05, 3.63) is 89.7 Å². The Kier molecular flexibility index (Phi) is 6.58. The number of hydrogen-bond donors (Lipinski definition) is 2. The van der Waals surface area contributed by atoms with E-state index >= 15 is 0 Å². The molecule has 148 valence electrons. The number of pyridine rings is 1. The van der Waals surface area contributed by atoms with Crippen LogP contribution in [0.25, 0.3) is 0 Å². The van der Waals surface area contributed by atoms with Crippen molar-refractivity contribution in [3.8, 4) is 5.75 Å². The predicted molar refractivity (Wildman–Crippen MR) is 112 cm³/mol. The Labute approximate surface area is 169 Å². The molecule has 0 aliphatic rings. The van der Waals surface area contributed by atoms with Gasteiger partial charge in [0.05, 0.1) is 6.04 Å². The Morgan fingerprint density at radius 3 is 2.66 bits per heavy atom. The van der Waals surface area contributed by atoms with Gasteiger partial charge in [0.2, 0.25) is 5.91 Å². The summed E-state index contributed by atoms with van der Waals surface area (Å²) in [5.41, 5.74) is 3.06. The number of anilines is 1. The third-order valence-electron chi connectivity index (χ3n) is 4.28. The molecule has 2 aromatic carbocycles. The molecule has 0 aliphatic heterocycles. The number of rotatable bonds is 7. The molecule has 0 bridgehead atoms. The van der Waals surface area contributed by atoms with E-state index in [0.717, 1.165) is 11.1 Å². The molecule has 0 saturated heterocycles. The first-order valence-electron chi connectivity index (χ1n) is 9.31. The highest BCUT2D eigenvalue weighted by molar-refractivity contribution is 5.95. The molecule has 0 radical (unpaired) electrons. The molecule has 1 heterocycles. The van der Waals surface area contributed by atoms with Gasteiger partial charge in [-0.3, -0.25) is 14.6 Å². The Balaban J connectivity index is 1.63. The van der Waals surface area contributed by atoms with E-state index in [9.17, 15) is 9.59 Å². The Morgan fingerprint density at radius 1 is 1.07 bits per heavy atom. The summed E-state index contributed by atoms with van der Waals surface area (Å²) in [6, 6.07) is 18.0. The van der Waals surface area contributed by atoms with E-state index in [1.807, 2.05) is 49.4 Å². The number of carbonyl (C=O) groups is 2. The minimum atomic E-state index is -0.226. The molecule has 2 amide bonds. The SMILES string of the molecule is CC(=O)Nc1cccc(C(C)NC(=O)c2cccc(OCc3cccnc3)c2)c1. The third kappa shape index (κ3) is 5.90. The summed E-state index contributed by atoms with van der Waals surface area (Å²) >= 11 is 0. The second-order valence-corrected chi connectivity index (χ2v) is 6.68. The van der Waals surface area contributed by atoms with Crippen molar-refractivity contribution in [1.29, 1.82) is 0 Å². The standard InChI is InChI=1S/C23H23N3O3/c1-16(19-7-3-9-21(12-19)26-17(2)27)25-23(28)20-8-4-10-22(13-20)29-15-18-6-5-11-24-14-18/h3-14,16H,15H2,1-2H3,(H,25,28)(H,26,27). The van der Waals surface area contributed by atoms with Gasteiger partial charge in [-0.15, -0.1) is 0 Å². The normalized spacial score (nSPS) is 11.4. The first-order valence-corrected chi connectivity index (χ1v) is 9.31. The van der Waals surface area contributed by atoms with Crippen LogP contribution in [0.2, 0.25) is 0 Å². The molecular formula is C23H23N3O3. The summed E-state index contributed by atoms with van der Waals surface area (Å²) in [5, 5.41) is 5.72. The van der Waals surface area contributed by atoms with E-state index in [-0.39, 0.29) is 17.9 Å². The monoisotopic (exact) mass is 389 g/mol.